The van der Waals surface area contributed by atoms with E-state index in [-0.39, 0.29) is 18.3 Å². The van der Waals surface area contributed by atoms with Crippen molar-refractivity contribution in [3.8, 4) is 5.75 Å². The van der Waals surface area contributed by atoms with E-state index in [9.17, 15) is 8.78 Å². The molecule has 0 saturated heterocycles. The van der Waals surface area contributed by atoms with Crippen LogP contribution < -0.4 is 4.74 Å². The van der Waals surface area contributed by atoms with Gasteiger partial charge in [-0.2, -0.15) is 0 Å². The van der Waals surface area contributed by atoms with Gasteiger partial charge in [0.1, 0.15) is 5.75 Å². The second kappa shape index (κ2) is 4.82. The molecule has 1 heterocycles. The number of aromatic nitrogens is 1. The Bertz CT molecular complexity index is 410. The van der Waals surface area contributed by atoms with Crippen molar-refractivity contribution in [3.05, 3.63) is 24.0 Å². The van der Waals surface area contributed by atoms with Crippen LogP contribution in [0, 0.1) is 12.3 Å². The number of alkyl halides is 2. The first-order valence-electron chi connectivity index (χ1n) is 6.32. The summed E-state index contributed by atoms with van der Waals surface area (Å²) >= 11 is 0. The standard InChI is InChI=1S/C14H19F2NO/c1-11-9-17-8-3-12(11)18-10-13(2)4-6-14(15,16)7-5-13/h3,8-9H,4-7,10H2,1-2H3. The van der Waals surface area contributed by atoms with Crippen molar-refractivity contribution in [2.24, 2.45) is 5.41 Å². The monoisotopic (exact) mass is 255 g/mol. The summed E-state index contributed by atoms with van der Waals surface area (Å²) in [5.74, 6) is -1.69. The molecule has 1 aromatic rings. The zero-order chi connectivity index (χ0) is 13.2. The van der Waals surface area contributed by atoms with E-state index in [0.717, 1.165) is 11.3 Å². The van der Waals surface area contributed by atoms with Gasteiger partial charge in [-0.3, -0.25) is 4.98 Å². The lowest BCUT2D eigenvalue weighted by atomic mass is 9.75. The molecule has 1 aliphatic carbocycles. The minimum absolute atomic E-state index is 0.0256. The first kappa shape index (κ1) is 13.2. The highest BCUT2D eigenvalue weighted by Gasteiger charge is 2.41. The second-order valence-corrected chi connectivity index (χ2v) is 5.60. The molecule has 0 spiro atoms. The number of aryl methyl sites for hydroxylation is 1. The van der Waals surface area contributed by atoms with Crippen molar-refractivity contribution in [3.63, 3.8) is 0 Å². The fourth-order valence-electron chi connectivity index (χ4n) is 2.24. The van der Waals surface area contributed by atoms with Crippen LogP contribution in [0.1, 0.15) is 38.2 Å². The van der Waals surface area contributed by atoms with Crippen LogP contribution >= 0.6 is 0 Å². The number of halogens is 2. The summed E-state index contributed by atoms with van der Waals surface area (Å²) in [6.45, 7) is 4.45. The first-order valence-corrected chi connectivity index (χ1v) is 6.32. The summed E-state index contributed by atoms with van der Waals surface area (Å²) in [6, 6.07) is 1.82. The third-order valence-electron chi connectivity index (χ3n) is 3.73. The summed E-state index contributed by atoms with van der Waals surface area (Å²) in [4.78, 5) is 4.00. The highest BCUT2D eigenvalue weighted by Crippen LogP contribution is 2.43. The van der Waals surface area contributed by atoms with Crippen LogP contribution in [0.25, 0.3) is 0 Å². The molecule has 1 saturated carbocycles. The van der Waals surface area contributed by atoms with Gasteiger partial charge in [0.25, 0.3) is 0 Å². The van der Waals surface area contributed by atoms with Crippen LogP contribution in [0.4, 0.5) is 8.78 Å². The maximum Gasteiger partial charge on any atom is 0.248 e. The fraction of sp³-hybridized carbons (Fsp3) is 0.643. The molecule has 2 nitrogen and oxygen atoms in total. The zero-order valence-electron chi connectivity index (χ0n) is 10.9. The Morgan fingerprint density at radius 1 is 1.28 bits per heavy atom. The first-order chi connectivity index (χ1) is 8.40. The van der Waals surface area contributed by atoms with Crippen molar-refractivity contribution < 1.29 is 13.5 Å². The second-order valence-electron chi connectivity index (χ2n) is 5.60. The molecule has 100 valence electrons. The van der Waals surface area contributed by atoms with Gasteiger partial charge >= 0.3 is 0 Å². The Morgan fingerprint density at radius 2 is 1.94 bits per heavy atom. The molecule has 0 radical (unpaired) electrons. The fourth-order valence-corrected chi connectivity index (χ4v) is 2.24. The third kappa shape index (κ3) is 3.18. The van der Waals surface area contributed by atoms with Crippen LogP contribution in [0.2, 0.25) is 0 Å². The van der Waals surface area contributed by atoms with Gasteiger partial charge in [-0.1, -0.05) is 6.92 Å². The van der Waals surface area contributed by atoms with Crippen LogP contribution in [-0.2, 0) is 0 Å². The number of pyridine rings is 1. The number of ether oxygens (including phenoxy) is 1. The highest BCUT2D eigenvalue weighted by molar-refractivity contribution is 5.28. The lowest BCUT2D eigenvalue weighted by Crippen LogP contribution is -2.35. The molecule has 0 atom stereocenters. The lowest BCUT2D eigenvalue weighted by molar-refractivity contribution is -0.0712. The summed E-state index contributed by atoms with van der Waals surface area (Å²) in [5, 5.41) is 0. The maximum atomic E-state index is 13.1. The van der Waals surface area contributed by atoms with Gasteiger partial charge in [0.2, 0.25) is 5.92 Å². The maximum absolute atomic E-state index is 13.1. The van der Waals surface area contributed by atoms with Crippen molar-refractivity contribution in [1.82, 2.24) is 4.98 Å². The van der Waals surface area contributed by atoms with E-state index < -0.39 is 5.92 Å². The number of rotatable bonds is 3. The zero-order valence-corrected chi connectivity index (χ0v) is 10.9. The predicted molar refractivity (Wildman–Crippen MR) is 66.0 cm³/mol. The van der Waals surface area contributed by atoms with Crippen molar-refractivity contribution in [2.45, 2.75) is 45.5 Å². The smallest absolute Gasteiger partial charge is 0.248 e. The molecule has 0 N–H and O–H groups in total. The largest absolute Gasteiger partial charge is 0.493 e. The van der Waals surface area contributed by atoms with Crippen LogP contribution in [0.3, 0.4) is 0 Å². The number of hydrogen-bond donors (Lipinski definition) is 0. The quantitative estimate of drug-likeness (QED) is 0.815. The molecule has 1 aromatic heterocycles. The van der Waals surface area contributed by atoms with E-state index in [1.807, 2.05) is 19.9 Å². The SMILES string of the molecule is Cc1cnccc1OCC1(C)CCC(F)(F)CC1. The Balaban J connectivity index is 1.93. The molecular weight excluding hydrogens is 236 g/mol. The van der Waals surface area contributed by atoms with Crippen LogP contribution in [0.15, 0.2) is 18.5 Å². The van der Waals surface area contributed by atoms with E-state index in [1.54, 1.807) is 12.4 Å². The van der Waals surface area contributed by atoms with Gasteiger partial charge in [0.05, 0.1) is 6.61 Å². The van der Waals surface area contributed by atoms with E-state index >= 15 is 0 Å². The van der Waals surface area contributed by atoms with Crippen molar-refractivity contribution in [1.29, 1.82) is 0 Å². The molecule has 0 bridgehead atoms. The molecule has 0 amide bonds. The van der Waals surface area contributed by atoms with E-state index in [0.29, 0.717) is 19.4 Å². The van der Waals surface area contributed by atoms with Crippen LogP contribution in [-0.4, -0.2) is 17.5 Å². The van der Waals surface area contributed by atoms with E-state index in [2.05, 4.69) is 4.98 Å². The molecule has 18 heavy (non-hydrogen) atoms. The summed E-state index contributed by atoms with van der Waals surface area (Å²) in [5.41, 5.74) is 0.833. The third-order valence-corrected chi connectivity index (χ3v) is 3.73. The average Bonchev–Trinajstić information content (AvgIpc) is 2.33. The Morgan fingerprint density at radius 3 is 2.56 bits per heavy atom. The normalized spacial score (nSPS) is 21.6. The van der Waals surface area contributed by atoms with Gasteiger partial charge in [-0.05, 0) is 25.8 Å². The van der Waals surface area contributed by atoms with E-state index in [1.165, 1.54) is 0 Å². The summed E-state index contributed by atoms with van der Waals surface area (Å²) in [7, 11) is 0. The van der Waals surface area contributed by atoms with Crippen LogP contribution in [0.5, 0.6) is 5.75 Å². The Hall–Kier alpha value is -1.19. The average molecular weight is 255 g/mol. The molecule has 2 rings (SSSR count). The summed E-state index contributed by atoms with van der Waals surface area (Å²) in [6.07, 6.45) is 4.41. The lowest BCUT2D eigenvalue weighted by Gasteiger charge is -2.36. The minimum atomic E-state index is -2.48. The van der Waals surface area contributed by atoms with Crippen molar-refractivity contribution >= 4 is 0 Å². The molecule has 1 aliphatic rings. The molecule has 0 aliphatic heterocycles. The van der Waals surface area contributed by atoms with Crippen molar-refractivity contribution in [2.75, 3.05) is 6.61 Å². The Labute approximate surface area is 106 Å². The molecular formula is C14H19F2NO. The minimum Gasteiger partial charge on any atom is -0.493 e. The molecule has 1 fully saturated rings. The summed E-state index contributed by atoms with van der Waals surface area (Å²) < 4.78 is 32.0. The van der Waals surface area contributed by atoms with Gasteiger partial charge in [-0.25, -0.2) is 8.78 Å². The molecule has 0 aromatic carbocycles. The molecule has 0 unspecified atom stereocenters. The topological polar surface area (TPSA) is 22.1 Å². The predicted octanol–water partition coefficient (Wildman–Crippen LogP) is 3.98. The highest BCUT2D eigenvalue weighted by atomic mass is 19.3. The van der Waals surface area contributed by atoms with Gasteiger partial charge < -0.3 is 4.74 Å². The van der Waals surface area contributed by atoms with Gasteiger partial charge in [0, 0.05) is 36.2 Å². The van der Waals surface area contributed by atoms with Gasteiger partial charge in [0.15, 0.2) is 0 Å². The number of nitrogens with zero attached hydrogens (tertiary/aromatic N) is 1. The molecule has 4 heteroatoms. The van der Waals surface area contributed by atoms with E-state index in [4.69, 9.17) is 4.74 Å². The number of hydrogen-bond acceptors (Lipinski definition) is 2. The Kier molecular flexibility index (Phi) is 3.55. The van der Waals surface area contributed by atoms with Gasteiger partial charge in [-0.15, -0.1) is 0 Å².